The van der Waals surface area contributed by atoms with Gasteiger partial charge in [0.25, 0.3) is 0 Å². The van der Waals surface area contributed by atoms with Crippen LogP contribution in [-0.2, 0) is 10.9 Å². The second-order valence-electron chi connectivity index (χ2n) is 4.60. The van der Waals surface area contributed by atoms with Crippen molar-refractivity contribution >= 4 is 45.7 Å². The molecule has 0 fully saturated rings. The van der Waals surface area contributed by atoms with Gasteiger partial charge in [-0.25, -0.2) is 0 Å². The molecule has 0 aromatic heterocycles. The van der Waals surface area contributed by atoms with Crippen LogP contribution in [0.5, 0.6) is 0 Å². The fourth-order valence-corrected chi connectivity index (χ4v) is 5.43. The van der Waals surface area contributed by atoms with Gasteiger partial charge >= 0.3 is 0 Å². The van der Waals surface area contributed by atoms with Gasteiger partial charge in [0, 0.05) is 0 Å². The first-order valence-electron chi connectivity index (χ1n) is 6.66. The first-order chi connectivity index (χ1) is 10.7. The van der Waals surface area contributed by atoms with Gasteiger partial charge in [-0.1, -0.05) is 71.2 Å². The minimum absolute atomic E-state index is 0.445. The Hall–Kier alpha value is -1.12. The highest BCUT2D eigenvalue weighted by Crippen LogP contribution is 2.40. The van der Waals surface area contributed by atoms with E-state index in [4.69, 9.17) is 34.8 Å². The van der Waals surface area contributed by atoms with Crippen LogP contribution in [0.25, 0.3) is 0 Å². The van der Waals surface area contributed by atoms with E-state index in [1.165, 1.54) is 0 Å². The van der Waals surface area contributed by atoms with E-state index in [2.05, 4.69) is 0 Å². The molecule has 0 spiro atoms. The van der Waals surface area contributed by atoms with Crippen LogP contribution in [0.2, 0.25) is 15.1 Å². The van der Waals surface area contributed by atoms with Crippen LogP contribution in [0.15, 0.2) is 87.5 Å². The van der Waals surface area contributed by atoms with Gasteiger partial charge in [0.15, 0.2) is 14.7 Å². The van der Waals surface area contributed by atoms with Crippen LogP contribution in [-0.4, -0.2) is 0 Å². The van der Waals surface area contributed by atoms with Crippen LogP contribution < -0.4 is 0 Å². The molecule has 3 rings (SSSR count). The largest absolute Gasteiger partial charge is 0.185 e. The minimum Gasteiger partial charge on any atom is -0.0788 e. The molecular formula is C18H12Cl3S+. The van der Waals surface area contributed by atoms with E-state index in [-0.39, 0.29) is 0 Å². The van der Waals surface area contributed by atoms with Gasteiger partial charge < -0.3 is 0 Å². The lowest BCUT2D eigenvalue weighted by Gasteiger charge is -2.11. The van der Waals surface area contributed by atoms with Crippen molar-refractivity contribution in [2.24, 2.45) is 0 Å². The SMILES string of the molecule is Clc1ccccc1[S+](c1ccccc1Cl)c1ccccc1Cl. The third kappa shape index (κ3) is 3.13. The van der Waals surface area contributed by atoms with Crippen molar-refractivity contribution in [2.45, 2.75) is 14.7 Å². The zero-order valence-electron chi connectivity index (χ0n) is 11.5. The van der Waals surface area contributed by atoms with E-state index in [1.54, 1.807) is 0 Å². The Bertz CT molecular complexity index is 693. The Morgan fingerprint density at radius 2 is 0.727 bits per heavy atom. The molecule has 0 unspecified atom stereocenters. The third-order valence-corrected chi connectivity index (χ3v) is 6.88. The van der Waals surface area contributed by atoms with Crippen LogP contribution >= 0.6 is 34.8 Å². The number of rotatable bonds is 3. The van der Waals surface area contributed by atoms with Gasteiger partial charge in [0.2, 0.25) is 0 Å². The average Bonchev–Trinajstić information content (AvgIpc) is 2.53. The van der Waals surface area contributed by atoms with Crippen LogP contribution in [0.4, 0.5) is 0 Å². The lowest BCUT2D eigenvalue weighted by Crippen LogP contribution is -2.06. The molecule has 0 N–H and O–H groups in total. The van der Waals surface area contributed by atoms with Gasteiger partial charge in [-0.05, 0) is 36.4 Å². The van der Waals surface area contributed by atoms with E-state index >= 15 is 0 Å². The zero-order valence-corrected chi connectivity index (χ0v) is 14.6. The van der Waals surface area contributed by atoms with Crippen molar-refractivity contribution in [3.05, 3.63) is 87.9 Å². The Morgan fingerprint density at radius 3 is 1.00 bits per heavy atom. The maximum absolute atomic E-state index is 6.44. The summed E-state index contributed by atoms with van der Waals surface area (Å²) in [6.45, 7) is 0. The van der Waals surface area contributed by atoms with Crippen molar-refractivity contribution in [3.63, 3.8) is 0 Å². The lowest BCUT2D eigenvalue weighted by molar-refractivity contribution is 1.32. The summed E-state index contributed by atoms with van der Waals surface area (Å²) >= 11 is 19.3. The summed E-state index contributed by atoms with van der Waals surface area (Å²) in [6.07, 6.45) is 0. The van der Waals surface area contributed by atoms with Gasteiger partial charge in [-0.3, -0.25) is 0 Å². The molecule has 4 heteroatoms. The normalized spacial score (nSPS) is 10.9. The summed E-state index contributed by atoms with van der Waals surface area (Å²) in [6, 6.07) is 23.5. The average molecular weight is 367 g/mol. The molecule has 0 aliphatic carbocycles. The smallest absolute Gasteiger partial charge is 0.0788 e. The van der Waals surface area contributed by atoms with Crippen molar-refractivity contribution < 1.29 is 0 Å². The highest BCUT2D eigenvalue weighted by Gasteiger charge is 2.34. The predicted octanol–water partition coefficient (Wildman–Crippen LogP) is 6.74. The molecule has 3 aromatic rings. The summed E-state index contributed by atoms with van der Waals surface area (Å²) in [5.41, 5.74) is 0. The summed E-state index contributed by atoms with van der Waals surface area (Å²) in [7, 11) is -0.445. The van der Waals surface area contributed by atoms with E-state index in [1.807, 2.05) is 72.8 Å². The topological polar surface area (TPSA) is 0 Å². The molecule has 0 heterocycles. The maximum Gasteiger partial charge on any atom is 0.185 e. The summed E-state index contributed by atoms with van der Waals surface area (Å²) in [4.78, 5) is 3.06. The second kappa shape index (κ2) is 6.97. The first-order valence-corrected chi connectivity index (χ1v) is 9.02. The van der Waals surface area contributed by atoms with Crippen molar-refractivity contribution in [1.29, 1.82) is 0 Å². The van der Waals surface area contributed by atoms with E-state index in [0.29, 0.717) is 15.1 Å². The standard InChI is InChI=1S/C18H12Cl3S/c19-13-7-1-4-10-16(13)22(17-11-5-2-8-14(17)20)18-12-6-3-9-15(18)21/h1-12H/q+1. The fourth-order valence-electron chi connectivity index (χ4n) is 2.19. The number of halogens is 3. The monoisotopic (exact) mass is 365 g/mol. The van der Waals surface area contributed by atoms with E-state index in [0.717, 1.165) is 14.7 Å². The number of benzene rings is 3. The number of hydrogen-bond acceptors (Lipinski definition) is 0. The van der Waals surface area contributed by atoms with Crippen LogP contribution in [0.1, 0.15) is 0 Å². The number of hydrogen-bond donors (Lipinski definition) is 0. The Balaban J connectivity index is 2.27. The lowest BCUT2D eigenvalue weighted by atomic mass is 10.3. The summed E-state index contributed by atoms with van der Waals surface area (Å²) in [5.74, 6) is 0. The zero-order chi connectivity index (χ0) is 15.5. The van der Waals surface area contributed by atoms with Gasteiger partial charge in [-0.15, -0.1) is 0 Å². The maximum atomic E-state index is 6.44. The Labute approximate surface area is 148 Å². The molecule has 0 amide bonds. The molecule has 3 aromatic carbocycles. The Kier molecular flexibility index (Phi) is 5.00. The molecule has 110 valence electrons. The van der Waals surface area contributed by atoms with Crippen LogP contribution in [0.3, 0.4) is 0 Å². The predicted molar refractivity (Wildman–Crippen MR) is 96.5 cm³/mol. The first kappa shape index (κ1) is 15.8. The van der Waals surface area contributed by atoms with Crippen molar-refractivity contribution in [3.8, 4) is 0 Å². The molecule has 0 bridgehead atoms. The van der Waals surface area contributed by atoms with Crippen molar-refractivity contribution in [1.82, 2.24) is 0 Å². The molecule has 0 aliphatic heterocycles. The van der Waals surface area contributed by atoms with Gasteiger partial charge in [0.1, 0.15) is 10.9 Å². The van der Waals surface area contributed by atoms with Crippen molar-refractivity contribution in [2.75, 3.05) is 0 Å². The quantitative estimate of drug-likeness (QED) is 0.450. The molecule has 0 aliphatic rings. The summed E-state index contributed by atoms with van der Waals surface area (Å²) in [5, 5.41) is 2.14. The highest BCUT2D eigenvalue weighted by atomic mass is 35.5. The minimum atomic E-state index is -0.445. The van der Waals surface area contributed by atoms with Gasteiger partial charge in [-0.2, -0.15) is 0 Å². The Morgan fingerprint density at radius 1 is 0.455 bits per heavy atom. The van der Waals surface area contributed by atoms with Crippen LogP contribution in [0, 0.1) is 0 Å². The van der Waals surface area contributed by atoms with E-state index < -0.39 is 10.9 Å². The molecule has 0 nitrogen and oxygen atoms in total. The molecular weight excluding hydrogens is 355 g/mol. The molecule has 0 radical (unpaired) electrons. The molecule has 0 atom stereocenters. The molecule has 0 saturated carbocycles. The fraction of sp³-hybridized carbons (Fsp3) is 0. The van der Waals surface area contributed by atoms with E-state index in [9.17, 15) is 0 Å². The molecule has 22 heavy (non-hydrogen) atoms. The third-order valence-electron chi connectivity index (χ3n) is 3.17. The highest BCUT2D eigenvalue weighted by molar-refractivity contribution is 7.97. The van der Waals surface area contributed by atoms with Gasteiger partial charge in [0.05, 0.1) is 15.1 Å². The summed E-state index contributed by atoms with van der Waals surface area (Å²) < 4.78 is 0. The second-order valence-corrected chi connectivity index (χ2v) is 7.75. The molecule has 0 saturated heterocycles.